The molecule has 0 saturated carbocycles. The Morgan fingerprint density at radius 1 is 1.19 bits per heavy atom. The van der Waals surface area contributed by atoms with Gasteiger partial charge in [0.25, 0.3) is 0 Å². The van der Waals surface area contributed by atoms with Gasteiger partial charge in [-0.05, 0) is 35.7 Å². The number of alkyl halides is 3. The number of carbonyl (C=O) groups excluding carboxylic acids is 1. The highest BCUT2D eigenvalue weighted by atomic mass is 35.5. The number of benzene rings is 2. The summed E-state index contributed by atoms with van der Waals surface area (Å²) < 4.78 is 43.9. The minimum atomic E-state index is -4.37. The summed E-state index contributed by atoms with van der Waals surface area (Å²) in [7, 11) is 1.57. The van der Waals surface area contributed by atoms with Crippen LogP contribution in [0.3, 0.4) is 0 Å². The molecular formula is C23H27ClF3N3O2. The third kappa shape index (κ3) is 6.93. The second-order valence-corrected chi connectivity index (χ2v) is 8.30. The van der Waals surface area contributed by atoms with Gasteiger partial charge in [0.2, 0.25) is 5.91 Å². The van der Waals surface area contributed by atoms with Crippen molar-refractivity contribution in [2.75, 3.05) is 26.8 Å². The van der Waals surface area contributed by atoms with E-state index in [4.69, 9.17) is 16.3 Å². The van der Waals surface area contributed by atoms with Crippen molar-refractivity contribution < 1.29 is 22.7 Å². The largest absolute Gasteiger partial charge is 0.416 e. The van der Waals surface area contributed by atoms with Crippen LogP contribution in [0, 0.1) is 0 Å². The molecule has 1 heterocycles. The van der Waals surface area contributed by atoms with Crippen molar-refractivity contribution >= 4 is 17.5 Å². The average Bonchev–Trinajstić information content (AvgIpc) is 3.16. The van der Waals surface area contributed by atoms with Crippen LogP contribution >= 0.6 is 11.6 Å². The molecule has 9 heteroatoms. The molecule has 0 unspecified atom stereocenters. The Hall–Kier alpha value is -2.13. The first kappa shape index (κ1) is 24.5. The normalized spacial score (nSPS) is 19.3. The molecule has 1 aliphatic rings. The Morgan fingerprint density at radius 3 is 2.62 bits per heavy atom. The molecule has 174 valence electrons. The smallest absolute Gasteiger partial charge is 0.383 e. The molecule has 1 saturated heterocycles. The van der Waals surface area contributed by atoms with E-state index in [9.17, 15) is 18.0 Å². The quantitative estimate of drug-likeness (QED) is 0.548. The van der Waals surface area contributed by atoms with Gasteiger partial charge < -0.3 is 15.4 Å². The summed E-state index contributed by atoms with van der Waals surface area (Å²) in [6, 6.07) is 12.4. The maximum absolute atomic E-state index is 13.0. The number of nitrogens with one attached hydrogen (secondary N) is 2. The maximum Gasteiger partial charge on any atom is 0.416 e. The molecule has 1 fully saturated rings. The van der Waals surface area contributed by atoms with Gasteiger partial charge in [-0.2, -0.15) is 13.2 Å². The standard InChI is InChI=1S/C23H27ClF3N3O2/c1-32-10-9-28-22(31)21-12-20(15-30(21)14-16-5-7-19(24)8-6-16)29-13-17-3-2-4-18(11-17)23(25,26)27/h2-8,11,20-21,29H,9-10,12-15H2,1H3,(H,28,31)/t20-,21+/m1/s1. The van der Waals surface area contributed by atoms with Gasteiger partial charge in [0.05, 0.1) is 18.2 Å². The van der Waals surface area contributed by atoms with Crippen LogP contribution in [0.15, 0.2) is 48.5 Å². The molecule has 0 bridgehead atoms. The van der Waals surface area contributed by atoms with Gasteiger partial charge in [0.1, 0.15) is 0 Å². The average molecular weight is 470 g/mol. The Labute approximate surface area is 190 Å². The van der Waals surface area contributed by atoms with Crippen LogP contribution < -0.4 is 10.6 Å². The Kier molecular flexibility index (Phi) is 8.53. The zero-order valence-electron chi connectivity index (χ0n) is 17.8. The summed E-state index contributed by atoms with van der Waals surface area (Å²) in [5.41, 5.74) is 0.919. The van der Waals surface area contributed by atoms with E-state index in [1.807, 2.05) is 24.3 Å². The molecule has 1 amide bonds. The molecule has 0 aromatic heterocycles. The number of likely N-dealkylation sites (tertiary alicyclic amines) is 1. The highest BCUT2D eigenvalue weighted by Gasteiger charge is 2.36. The molecule has 0 aliphatic carbocycles. The first-order valence-electron chi connectivity index (χ1n) is 10.4. The summed E-state index contributed by atoms with van der Waals surface area (Å²) in [4.78, 5) is 14.8. The van der Waals surface area contributed by atoms with Gasteiger partial charge in [0, 0.05) is 44.4 Å². The third-order valence-corrected chi connectivity index (χ3v) is 5.71. The van der Waals surface area contributed by atoms with Gasteiger partial charge in [-0.25, -0.2) is 0 Å². The monoisotopic (exact) mass is 469 g/mol. The van der Waals surface area contributed by atoms with Crippen molar-refractivity contribution in [3.63, 3.8) is 0 Å². The fraction of sp³-hybridized carbons (Fsp3) is 0.435. The summed E-state index contributed by atoms with van der Waals surface area (Å²) in [5.74, 6) is -0.0839. The van der Waals surface area contributed by atoms with Gasteiger partial charge in [-0.15, -0.1) is 0 Å². The minimum absolute atomic E-state index is 0.0324. The van der Waals surface area contributed by atoms with Crippen LogP contribution in [-0.2, 0) is 28.8 Å². The SMILES string of the molecule is COCCNC(=O)[C@@H]1C[C@@H](NCc2cccc(C(F)(F)F)c2)CN1Cc1ccc(Cl)cc1. The van der Waals surface area contributed by atoms with E-state index in [1.54, 1.807) is 13.2 Å². The van der Waals surface area contributed by atoms with Crippen molar-refractivity contribution in [1.29, 1.82) is 0 Å². The molecule has 2 aromatic carbocycles. The van der Waals surface area contributed by atoms with Crippen molar-refractivity contribution in [3.05, 3.63) is 70.2 Å². The zero-order valence-corrected chi connectivity index (χ0v) is 18.5. The second-order valence-electron chi connectivity index (χ2n) is 7.87. The molecule has 5 nitrogen and oxygen atoms in total. The summed E-state index contributed by atoms with van der Waals surface area (Å²) in [5, 5.41) is 6.85. The minimum Gasteiger partial charge on any atom is -0.383 e. The zero-order chi connectivity index (χ0) is 23.1. The molecular weight excluding hydrogens is 443 g/mol. The Bertz CT molecular complexity index is 893. The molecule has 0 radical (unpaired) electrons. The number of hydrogen-bond donors (Lipinski definition) is 2. The Morgan fingerprint density at radius 2 is 1.94 bits per heavy atom. The number of halogens is 4. The third-order valence-electron chi connectivity index (χ3n) is 5.46. The van der Waals surface area contributed by atoms with E-state index in [0.717, 1.165) is 17.7 Å². The lowest BCUT2D eigenvalue weighted by molar-refractivity contribution is -0.137. The van der Waals surface area contributed by atoms with Gasteiger partial charge in [0.15, 0.2) is 0 Å². The molecule has 2 N–H and O–H groups in total. The molecule has 2 atom stereocenters. The number of rotatable bonds is 9. The van der Waals surface area contributed by atoms with Crippen molar-refractivity contribution in [1.82, 2.24) is 15.5 Å². The number of ether oxygens (including phenoxy) is 1. The van der Waals surface area contributed by atoms with Gasteiger partial charge >= 0.3 is 6.18 Å². The second kappa shape index (κ2) is 11.1. The number of carbonyl (C=O) groups is 1. The number of amides is 1. The lowest BCUT2D eigenvalue weighted by Crippen LogP contribution is -2.43. The fourth-order valence-corrected chi connectivity index (χ4v) is 3.96. The predicted octanol–water partition coefficient (Wildman–Crippen LogP) is 3.85. The van der Waals surface area contributed by atoms with E-state index in [2.05, 4.69) is 15.5 Å². The van der Waals surface area contributed by atoms with Crippen molar-refractivity contribution in [2.45, 2.75) is 37.8 Å². The van der Waals surface area contributed by atoms with Gasteiger partial charge in [-0.1, -0.05) is 41.9 Å². The lowest BCUT2D eigenvalue weighted by atomic mass is 10.1. The number of nitrogens with zero attached hydrogens (tertiary/aromatic N) is 1. The van der Waals surface area contributed by atoms with E-state index in [0.29, 0.717) is 49.8 Å². The topological polar surface area (TPSA) is 53.6 Å². The highest BCUT2D eigenvalue weighted by Crippen LogP contribution is 2.29. The van der Waals surface area contributed by atoms with E-state index in [1.165, 1.54) is 6.07 Å². The van der Waals surface area contributed by atoms with Crippen molar-refractivity contribution in [2.24, 2.45) is 0 Å². The van der Waals surface area contributed by atoms with E-state index in [-0.39, 0.29) is 18.0 Å². The molecule has 3 rings (SSSR count). The van der Waals surface area contributed by atoms with Crippen LogP contribution in [0.4, 0.5) is 13.2 Å². The van der Waals surface area contributed by atoms with Crippen LogP contribution in [0.1, 0.15) is 23.1 Å². The summed E-state index contributed by atoms with van der Waals surface area (Å²) in [6.07, 6.45) is -3.81. The fourth-order valence-electron chi connectivity index (χ4n) is 3.84. The summed E-state index contributed by atoms with van der Waals surface area (Å²) >= 11 is 5.97. The van der Waals surface area contributed by atoms with Crippen LogP contribution in [0.2, 0.25) is 5.02 Å². The van der Waals surface area contributed by atoms with Crippen molar-refractivity contribution in [3.8, 4) is 0 Å². The highest BCUT2D eigenvalue weighted by molar-refractivity contribution is 6.30. The summed E-state index contributed by atoms with van der Waals surface area (Å²) in [6.45, 7) is 2.31. The van der Waals surface area contributed by atoms with Crippen LogP contribution in [-0.4, -0.2) is 49.7 Å². The van der Waals surface area contributed by atoms with Crippen LogP contribution in [0.5, 0.6) is 0 Å². The van der Waals surface area contributed by atoms with E-state index >= 15 is 0 Å². The van der Waals surface area contributed by atoms with E-state index < -0.39 is 11.7 Å². The lowest BCUT2D eigenvalue weighted by Gasteiger charge is -2.23. The Balaban J connectivity index is 1.65. The first-order chi connectivity index (χ1) is 15.3. The van der Waals surface area contributed by atoms with Gasteiger partial charge in [-0.3, -0.25) is 9.69 Å². The molecule has 0 spiro atoms. The number of hydrogen-bond acceptors (Lipinski definition) is 4. The van der Waals surface area contributed by atoms with Crippen LogP contribution in [0.25, 0.3) is 0 Å². The molecule has 2 aromatic rings. The maximum atomic E-state index is 13.0. The number of methoxy groups -OCH3 is 1. The first-order valence-corrected chi connectivity index (χ1v) is 10.8. The molecule has 1 aliphatic heterocycles. The molecule has 32 heavy (non-hydrogen) atoms. The predicted molar refractivity (Wildman–Crippen MR) is 117 cm³/mol.